The molecule has 0 amide bonds. The van der Waals surface area contributed by atoms with Crippen LogP contribution in [-0.2, 0) is 17.1 Å². The molecule has 2 heterocycles. The minimum atomic E-state index is -3.22. The van der Waals surface area contributed by atoms with Gasteiger partial charge in [0.25, 0.3) is 5.56 Å². The number of nitrogens with one attached hydrogen (secondary N) is 1. The molecule has 3 rings (SSSR count). The van der Waals surface area contributed by atoms with E-state index in [1.165, 1.54) is 38.8 Å². The van der Waals surface area contributed by atoms with Crippen molar-refractivity contribution < 1.29 is 8.42 Å². The molecule has 1 N–H and O–H groups in total. The molecule has 0 fully saturated rings. The third-order valence-electron chi connectivity index (χ3n) is 4.29. The summed E-state index contributed by atoms with van der Waals surface area (Å²) in [6, 6.07) is 6.18. The van der Waals surface area contributed by atoms with Gasteiger partial charge in [-0.05, 0) is 30.5 Å². The van der Waals surface area contributed by atoms with Gasteiger partial charge in [-0.15, -0.1) is 11.3 Å². The number of hydrogen-bond acceptors (Lipinski definition) is 6. The molecule has 6 nitrogen and oxygen atoms in total. The maximum Gasteiger partial charge on any atom is 0.263 e. The molecule has 144 valence electrons. The van der Waals surface area contributed by atoms with Crippen molar-refractivity contribution in [1.82, 2.24) is 14.3 Å². The van der Waals surface area contributed by atoms with Crippen molar-refractivity contribution in [1.29, 1.82) is 0 Å². The van der Waals surface area contributed by atoms with Gasteiger partial charge in [0.15, 0.2) is 5.16 Å². The van der Waals surface area contributed by atoms with Gasteiger partial charge in [0, 0.05) is 30.3 Å². The highest BCUT2D eigenvalue weighted by Gasteiger charge is 2.16. The molecule has 0 aliphatic heterocycles. The van der Waals surface area contributed by atoms with Gasteiger partial charge in [-0.25, -0.2) is 18.1 Å². The third-order valence-corrected chi connectivity index (χ3v) is 6.92. The number of aryl methyl sites for hydroxylation is 2. The number of sulfonamides is 1. The number of aromatic nitrogens is 2. The average molecular weight is 424 g/mol. The largest absolute Gasteiger partial charge is 0.290 e. The highest BCUT2D eigenvalue weighted by atomic mass is 32.2. The quantitative estimate of drug-likeness (QED) is 0.375. The van der Waals surface area contributed by atoms with Crippen molar-refractivity contribution in [2.45, 2.75) is 19.0 Å². The van der Waals surface area contributed by atoms with Crippen LogP contribution < -0.4 is 10.3 Å². The van der Waals surface area contributed by atoms with Gasteiger partial charge in [-0.2, -0.15) is 0 Å². The summed E-state index contributed by atoms with van der Waals surface area (Å²) < 4.78 is 26.2. The summed E-state index contributed by atoms with van der Waals surface area (Å²) in [5.74, 6) is 0.494. The van der Waals surface area contributed by atoms with E-state index in [-0.39, 0.29) is 12.1 Å². The van der Waals surface area contributed by atoms with Gasteiger partial charge in [0.05, 0.1) is 11.6 Å². The molecule has 0 aliphatic rings. The maximum atomic E-state index is 13.0. The Labute approximate surface area is 166 Å². The molecule has 0 saturated carbocycles. The summed E-state index contributed by atoms with van der Waals surface area (Å²) in [6.07, 6.45) is 1.12. The van der Waals surface area contributed by atoms with Crippen molar-refractivity contribution >= 4 is 43.3 Å². The van der Waals surface area contributed by atoms with E-state index in [9.17, 15) is 13.2 Å². The van der Waals surface area contributed by atoms with E-state index in [0.717, 1.165) is 17.4 Å². The number of fused-ring (bicyclic) bond motifs is 1. The summed E-state index contributed by atoms with van der Waals surface area (Å²) in [6.45, 7) is 4.41. The number of thiophene rings is 1. The lowest BCUT2D eigenvalue weighted by atomic mass is 10.0. The lowest BCUT2D eigenvalue weighted by Crippen LogP contribution is -2.25. The van der Waals surface area contributed by atoms with Gasteiger partial charge in [-0.1, -0.05) is 30.0 Å². The Morgan fingerprint density at radius 2 is 2.00 bits per heavy atom. The Balaban J connectivity index is 1.94. The molecule has 2 aromatic heterocycles. The molecule has 0 saturated heterocycles. The molecule has 0 bridgehead atoms. The molecule has 3 aromatic rings. The van der Waals surface area contributed by atoms with Gasteiger partial charge in [0.1, 0.15) is 4.83 Å². The van der Waals surface area contributed by atoms with E-state index < -0.39 is 10.0 Å². The first kappa shape index (κ1) is 20.1. The van der Waals surface area contributed by atoms with E-state index >= 15 is 0 Å². The molecule has 9 heteroatoms. The molecule has 1 aromatic carbocycles. The second-order valence-electron chi connectivity index (χ2n) is 6.40. The molecule has 0 radical (unpaired) electrons. The zero-order chi connectivity index (χ0) is 19.8. The topological polar surface area (TPSA) is 81.1 Å². The number of hydrogen-bond donors (Lipinski definition) is 1. The Hall–Kier alpha value is -1.68. The van der Waals surface area contributed by atoms with Crippen LogP contribution in [0.15, 0.2) is 33.5 Å². The summed E-state index contributed by atoms with van der Waals surface area (Å²) in [4.78, 5) is 18.3. The van der Waals surface area contributed by atoms with Crippen molar-refractivity contribution in [2.75, 3.05) is 18.6 Å². The predicted molar refractivity (Wildman–Crippen MR) is 113 cm³/mol. The van der Waals surface area contributed by atoms with Crippen molar-refractivity contribution in [3.8, 4) is 11.1 Å². The fraction of sp³-hybridized carbons (Fsp3) is 0.333. The zero-order valence-electron chi connectivity index (χ0n) is 15.6. The van der Waals surface area contributed by atoms with E-state index in [2.05, 4.69) is 35.7 Å². The summed E-state index contributed by atoms with van der Waals surface area (Å²) in [5.41, 5.74) is 4.23. The second-order valence-corrected chi connectivity index (χ2v) is 10.2. The van der Waals surface area contributed by atoms with Crippen molar-refractivity contribution in [2.24, 2.45) is 7.05 Å². The molecule has 0 spiro atoms. The number of nitrogens with zero attached hydrogens (tertiary/aromatic N) is 2. The van der Waals surface area contributed by atoms with Crippen LogP contribution in [0.2, 0.25) is 0 Å². The fourth-order valence-electron chi connectivity index (χ4n) is 2.67. The minimum Gasteiger partial charge on any atom is -0.290 e. The van der Waals surface area contributed by atoms with Crippen LogP contribution in [0, 0.1) is 13.8 Å². The number of benzene rings is 1. The maximum absolute atomic E-state index is 13.0. The van der Waals surface area contributed by atoms with E-state index in [1.807, 2.05) is 11.4 Å². The molecule has 27 heavy (non-hydrogen) atoms. The van der Waals surface area contributed by atoms with Crippen LogP contribution in [0.1, 0.15) is 11.1 Å². The first-order chi connectivity index (χ1) is 12.7. The number of thioether (sulfide) groups is 1. The molecule has 0 unspecified atom stereocenters. The lowest BCUT2D eigenvalue weighted by molar-refractivity contribution is 0.590. The van der Waals surface area contributed by atoms with E-state index in [4.69, 9.17) is 0 Å². The van der Waals surface area contributed by atoms with Crippen LogP contribution in [0.4, 0.5) is 0 Å². The van der Waals surface area contributed by atoms with Crippen LogP contribution in [0.3, 0.4) is 0 Å². The van der Waals surface area contributed by atoms with Crippen LogP contribution in [-0.4, -0.2) is 36.5 Å². The molecule has 0 atom stereocenters. The highest BCUT2D eigenvalue weighted by Crippen LogP contribution is 2.32. The Morgan fingerprint density at radius 1 is 1.26 bits per heavy atom. The second kappa shape index (κ2) is 7.75. The Kier molecular flexibility index (Phi) is 5.76. The zero-order valence-corrected chi connectivity index (χ0v) is 18.0. The molecular weight excluding hydrogens is 402 g/mol. The van der Waals surface area contributed by atoms with Gasteiger partial charge in [-0.3, -0.25) is 9.36 Å². The van der Waals surface area contributed by atoms with Crippen LogP contribution in [0.5, 0.6) is 0 Å². The molecule has 0 aliphatic carbocycles. The third kappa shape index (κ3) is 4.43. The predicted octanol–water partition coefficient (Wildman–Crippen LogP) is 2.92. The minimum absolute atomic E-state index is 0.0898. The lowest BCUT2D eigenvalue weighted by Gasteiger charge is -2.09. The van der Waals surface area contributed by atoms with Crippen molar-refractivity contribution in [3.63, 3.8) is 0 Å². The fourth-order valence-corrected chi connectivity index (χ4v) is 5.09. The van der Waals surface area contributed by atoms with Crippen LogP contribution >= 0.6 is 23.1 Å². The van der Waals surface area contributed by atoms with E-state index in [0.29, 0.717) is 21.1 Å². The monoisotopic (exact) mass is 423 g/mol. The van der Waals surface area contributed by atoms with Gasteiger partial charge >= 0.3 is 0 Å². The highest BCUT2D eigenvalue weighted by molar-refractivity contribution is 7.99. The standard InChI is InChI=1S/C18H21N3O3S3/c1-11-5-6-13(9-12(11)2)14-10-26-16-15(14)17(22)21(3)18(20-16)25-8-7-19-27(4,23)24/h5-6,9-10,19H,7-8H2,1-4H3. The smallest absolute Gasteiger partial charge is 0.263 e. The normalized spacial score (nSPS) is 12.0. The average Bonchev–Trinajstić information content (AvgIpc) is 3.01. The van der Waals surface area contributed by atoms with E-state index in [1.54, 1.807) is 7.05 Å². The summed E-state index contributed by atoms with van der Waals surface area (Å²) in [5, 5.41) is 3.18. The Bertz CT molecular complexity index is 1160. The summed E-state index contributed by atoms with van der Waals surface area (Å²) in [7, 11) is -1.52. The SMILES string of the molecule is Cc1ccc(-c2csc3nc(SCCNS(C)(=O)=O)n(C)c(=O)c23)cc1C. The number of rotatable bonds is 6. The van der Waals surface area contributed by atoms with Gasteiger partial charge < -0.3 is 0 Å². The first-order valence-corrected chi connectivity index (χ1v) is 12.1. The first-order valence-electron chi connectivity index (χ1n) is 8.30. The van der Waals surface area contributed by atoms with Gasteiger partial charge in [0.2, 0.25) is 10.0 Å². The summed E-state index contributed by atoms with van der Waals surface area (Å²) >= 11 is 2.81. The van der Waals surface area contributed by atoms with Crippen molar-refractivity contribution in [3.05, 3.63) is 45.1 Å². The Morgan fingerprint density at radius 3 is 2.67 bits per heavy atom. The molecular formula is C18H21N3O3S3. The van der Waals surface area contributed by atoms with Crippen LogP contribution in [0.25, 0.3) is 21.3 Å².